The van der Waals surface area contributed by atoms with Crippen LogP contribution in [0.3, 0.4) is 0 Å². The molecule has 14 nitrogen and oxygen atoms in total. The first kappa shape index (κ1) is 39.0. The summed E-state index contributed by atoms with van der Waals surface area (Å²) in [6.45, 7) is 10.1. The second-order valence-corrected chi connectivity index (χ2v) is 18.5. The van der Waals surface area contributed by atoms with E-state index in [0.717, 1.165) is 25.7 Å². The summed E-state index contributed by atoms with van der Waals surface area (Å²) in [5.74, 6) is -0.554. The number of hydrogen-bond donors (Lipinski definition) is 8. The molecule has 4 saturated heterocycles. The molecular formula is C39H62O14. The van der Waals surface area contributed by atoms with E-state index in [0.29, 0.717) is 44.6 Å². The van der Waals surface area contributed by atoms with Gasteiger partial charge in [0.15, 0.2) is 18.4 Å². The molecule has 8 rings (SSSR count). The van der Waals surface area contributed by atoms with Crippen LogP contribution < -0.4 is 0 Å². The quantitative estimate of drug-likeness (QED) is 0.181. The van der Waals surface area contributed by atoms with Crippen LogP contribution in [0.15, 0.2) is 11.6 Å². The van der Waals surface area contributed by atoms with Gasteiger partial charge in [-0.05, 0) is 75.0 Å². The monoisotopic (exact) mass is 754 g/mol. The van der Waals surface area contributed by atoms with Crippen molar-refractivity contribution in [2.24, 2.45) is 34.5 Å². The highest BCUT2D eigenvalue weighted by atomic mass is 16.8. The number of aliphatic hydroxyl groups is 8. The third-order valence-corrected chi connectivity index (χ3v) is 16.0. The fraction of sp³-hybridized carbons (Fsp3) is 0.949. The summed E-state index contributed by atoms with van der Waals surface area (Å²) in [5, 5.41) is 88.5. The molecule has 53 heavy (non-hydrogen) atoms. The molecule has 302 valence electrons. The second-order valence-electron chi connectivity index (χ2n) is 18.5. The molecule has 0 radical (unpaired) electrons. The number of hydrogen-bond acceptors (Lipinski definition) is 14. The van der Waals surface area contributed by atoms with Gasteiger partial charge in [0.1, 0.15) is 48.3 Å². The van der Waals surface area contributed by atoms with Crippen molar-refractivity contribution in [2.75, 3.05) is 13.2 Å². The summed E-state index contributed by atoms with van der Waals surface area (Å²) in [6.07, 6.45) is -6.28. The Bertz CT molecular complexity index is 1410. The molecular weight excluding hydrogens is 692 g/mol. The van der Waals surface area contributed by atoms with Crippen LogP contribution in [0, 0.1) is 34.5 Å². The van der Waals surface area contributed by atoms with Crippen LogP contribution >= 0.6 is 0 Å². The maximum absolute atomic E-state index is 12.9. The molecule has 0 amide bonds. The Kier molecular flexibility index (Phi) is 9.84. The second kappa shape index (κ2) is 13.4. The van der Waals surface area contributed by atoms with Gasteiger partial charge in [-0.1, -0.05) is 39.3 Å². The predicted octanol–water partition coefficient (Wildman–Crippen LogP) is 0.620. The van der Waals surface area contributed by atoms with Crippen LogP contribution in [0.4, 0.5) is 0 Å². The molecule has 4 aliphatic heterocycles. The lowest BCUT2D eigenvalue weighted by atomic mass is 9.44. The SMILES string of the molecule is C[C@@H]1CC[C@@]2(OC1)O[C@H]1C[C@@]3(O)[C@@H]4CC=C5C[C@@H](O[C@@H]6O[C@H](CO)[C@@H](O)[C@H](O)[C@H]6O[C@@H]6O[C@@H](C)[C@H](O)[C@@H](O)[C@H]6O)CC[C@]5(C)[C@@H]4CC[C@]3(C)[C@@]1(O)[C@@H]2C. The van der Waals surface area contributed by atoms with Crippen LogP contribution in [-0.4, -0.2) is 145 Å². The molecule has 14 heteroatoms. The number of fused-ring (bicyclic) bond motifs is 7. The van der Waals surface area contributed by atoms with E-state index in [-0.39, 0.29) is 29.3 Å². The van der Waals surface area contributed by atoms with Gasteiger partial charge < -0.3 is 69.3 Å². The summed E-state index contributed by atoms with van der Waals surface area (Å²) < 4.78 is 37.1. The van der Waals surface area contributed by atoms with Crippen molar-refractivity contribution in [1.29, 1.82) is 0 Å². The maximum Gasteiger partial charge on any atom is 0.187 e. The van der Waals surface area contributed by atoms with Gasteiger partial charge in [0.25, 0.3) is 0 Å². The molecule has 0 bridgehead atoms. The average Bonchev–Trinajstić information content (AvgIpc) is 3.44. The van der Waals surface area contributed by atoms with Crippen molar-refractivity contribution in [2.45, 2.75) is 183 Å². The molecule has 0 aromatic carbocycles. The van der Waals surface area contributed by atoms with Crippen molar-refractivity contribution in [3.8, 4) is 0 Å². The number of aliphatic hydroxyl groups excluding tert-OH is 6. The summed E-state index contributed by atoms with van der Waals surface area (Å²) in [6, 6.07) is 0. The van der Waals surface area contributed by atoms with Crippen molar-refractivity contribution < 1.29 is 69.3 Å². The zero-order valence-electron chi connectivity index (χ0n) is 31.6. The van der Waals surface area contributed by atoms with E-state index < -0.39 is 96.5 Å². The third-order valence-electron chi connectivity index (χ3n) is 16.0. The lowest BCUT2D eigenvalue weighted by molar-refractivity contribution is -0.369. The van der Waals surface area contributed by atoms with Gasteiger partial charge in [-0.2, -0.15) is 0 Å². The Morgan fingerprint density at radius 1 is 0.811 bits per heavy atom. The normalized spacial score (nSPS) is 59.5. The average molecular weight is 755 g/mol. The van der Waals surface area contributed by atoms with E-state index in [2.05, 4.69) is 26.8 Å². The first-order valence-electron chi connectivity index (χ1n) is 20.0. The summed E-state index contributed by atoms with van der Waals surface area (Å²) in [4.78, 5) is 0. The predicted molar refractivity (Wildman–Crippen MR) is 184 cm³/mol. The van der Waals surface area contributed by atoms with Gasteiger partial charge in [-0.25, -0.2) is 0 Å². The van der Waals surface area contributed by atoms with Crippen LogP contribution in [0.25, 0.3) is 0 Å². The van der Waals surface area contributed by atoms with Gasteiger partial charge in [0, 0.05) is 24.2 Å². The lowest BCUT2D eigenvalue weighted by Gasteiger charge is -2.63. The summed E-state index contributed by atoms with van der Waals surface area (Å²) in [7, 11) is 0. The highest BCUT2D eigenvalue weighted by molar-refractivity contribution is 5.33. The van der Waals surface area contributed by atoms with E-state index in [1.165, 1.54) is 12.5 Å². The molecule has 8 N–H and O–H groups in total. The van der Waals surface area contributed by atoms with Crippen molar-refractivity contribution in [3.05, 3.63) is 11.6 Å². The Labute approximate surface area is 311 Å². The Morgan fingerprint density at radius 3 is 2.26 bits per heavy atom. The van der Waals surface area contributed by atoms with Crippen LogP contribution in [0.5, 0.6) is 0 Å². The maximum atomic E-state index is 12.9. The highest BCUT2D eigenvalue weighted by Crippen LogP contribution is 2.73. The van der Waals surface area contributed by atoms with E-state index in [1.807, 2.05) is 6.92 Å². The fourth-order valence-electron chi connectivity index (χ4n) is 12.4. The zero-order valence-corrected chi connectivity index (χ0v) is 31.6. The Hall–Kier alpha value is -0.820. The van der Waals surface area contributed by atoms with Gasteiger partial charge in [-0.3, -0.25) is 0 Å². The van der Waals surface area contributed by atoms with Gasteiger partial charge >= 0.3 is 0 Å². The van der Waals surface area contributed by atoms with Gasteiger partial charge in [0.05, 0.1) is 37.1 Å². The number of ether oxygens (including phenoxy) is 6. The smallest absolute Gasteiger partial charge is 0.187 e. The topological polar surface area (TPSA) is 217 Å². The van der Waals surface area contributed by atoms with E-state index >= 15 is 0 Å². The van der Waals surface area contributed by atoms with E-state index in [4.69, 9.17) is 28.4 Å². The van der Waals surface area contributed by atoms with Crippen LogP contribution in [0.1, 0.15) is 92.4 Å². The standard InChI is InChI=1S/C39H62O14/c1-18-8-13-38(48-17-18)20(3)39(47)26(53-38)15-37(46)24-7-6-21-14-22(9-11-35(21,4)23(24)10-12-36(37,39)5)50-34-32(30(44)28(42)25(16-40)51-34)52-33-31(45)29(43)27(41)19(2)49-33/h6,18-20,22-34,40-47H,7-17H2,1-5H3/t18-,19+,20-,22+,23-,24-,25-,26+,27+,28-,29-,30+,31-,32-,33+,34-,35+,36+,37-,38-,39-/m1/s1. The summed E-state index contributed by atoms with van der Waals surface area (Å²) in [5.41, 5.74) is -2.13. The van der Waals surface area contributed by atoms with Gasteiger partial charge in [0.2, 0.25) is 0 Å². The third kappa shape index (κ3) is 5.49. The Balaban J connectivity index is 0.995. The summed E-state index contributed by atoms with van der Waals surface area (Å²) >= 11 is 0. The minimum atomic E-state index is -1.65. The first-order chi connectivity index (χ1) is 24.9. The fourth-order valence-corrected chi connectivity index (χ4v) is 12.4. The van der Waals surface area contributed by atoms with Crippen molar-refractivity contribution in [3.63, 3.8) is 0 Å². The largest absolute Gasteiger partial charge is 0.394 e. The zero-order chi connectivity index (χ0) is 38.0. The highest BCUT2D eigenvalue weighted by Gasteiger charge is 2.81. The molecule has 8 aliphatic rings. The molecule has 7 fully saturated rings. The molecule has 4 aliphatic carbocycles. The van der Waals surface area contributed by atoms with E-state index in [9.17, 15) is 40.9 Å². The van der Waals surface area contributed by atoms with Crippen molar-refractivity contribution in [1.82, 2.24) is 0 Å². The Morgan fingerprint density at radius 2 is 1.57 bits per heavy atom. The molecule has 4 heterocycles. The number of rotatable bonds is 5. The molecule has 0 aromatic heterocycles. The molecule has 3 saturated carbocycles. The lowest BCUT2D eigenvalue weighted by Crippen LogP contribution is -2.66. The first-order valence-corrected chi connectivity index (χ1v) is 20.0. The van der Waals surface area contributed by atoms with Gasteiger partial charge in [-0.15, -0.1) is 0 Å². The molecule has 0 aromatic rings. The van der Waals surface area contributed by atoms with E-state index in [1.54, 1.807) is 0 Å². The molecule has 1 spiro atoms. The van der Waals surface area contributed by atoms with Crippen LogP contribution in [-0.2, 0) is 28.4 Å². The van der Waals surface area contributed by atoms with Crippen molar-refractivity contribution >= 4 is 0 Å². The molecule has 0 unspecified atom stereocenters. The minimum Gasteiger partial charge on any atom is -0.394 e. The minimum absolute atomic E-state index is 0.0688. The number of allylic oxidation sites excluding steroid dienone is 1. The molecule has 21 atom stereocenters. The van der Waals surface area contributed by atoms with Crippen LogP contribution in [0.2, 0.25) is 0 Å².